The molecule has 0 unspecified atom stereocenters. The molecular weight excluding hydrogens is 687 g/mol. The van der Waals surface area contributed by atoms with E-state index < -0.39 is 0 Å². The summed E-state index contributed by atoms with van der Waals surface area (Å²) in [6, 6.07) is 0. The van der Waals surface area contributed by atoms with Gasteiger partial charge in [0.2, 0.25) is 0 Å². The first kappa shape index (κ1) is 57.0. The first-order valence-corrected chi connectivity index (χ1v) is 28.0. The van der Waals surface area contributed by atoms with Crippen LogP contribution in [0.15, 0.2) is 0 Å². The van der Waals surface area contributed by atoms with Crippen molar-refractivity contribution in [2.24, 2.45) is 5.73 Å². The second-order valence-electron chi connectivity index (χ2n) is 19.9. The summed E-state index contributed by atoms with van der Waals surface area (Å²) in [5.74, 6) is 0. The Morgan fingerprint density at radius 1 is 0.175 bits per heavy atom. The molecule has 344 valence electrons. The maximum Gasteiger partial charge on any atom is 0.0154 e. The lowest BCUT2D eigenvalue weighted by molar-refractivity contribution is 0.302. The number of unbranched alkanes of at least 4 members (excludes halogenated alkanes) is 46. The van der Waals surface area contributed by atoms with Crippen molar-refractivity contribution in [1.82, 2.24) is 0 Å². The summed E-state index contributed by atoms with van der Waals surface area (Å²) in [6.07, 6.45) is 74.9. The Kier molecular flexibility index (Phi) is 50.3. The van der Waals surface area contributed by atoms with Crippen LogP contribution in [0.4, 0.5) is 0 Å². The molecule has 0 aliphatic heterocycles. The zero-order valence-corrected chi connectivity index (χ0v) is 40.8. The lowest BCUT2D eigenvalue weighted by Gasteiger charge is -2.30. The Morgan fingerprint density at radius 3 is 0.404 bits per heavy atom. The van der Waals surface area contributed by atoms with Crippen LogP contribution in [0.3, 0.4) is 0 Å². The second kappa shape index (κ2) is 50.3. The molecule has 57 heavy (non-hydrogen) atoms. The maximum absolute atomic E-state index is 7.29. The highest BCUT2D eigenvalue weighted by atomic mass is 14.7. The fourth-order valence-electron chi connectivity index (χ4n) is 9.63. The van der Waals surface area contributed by atoms with Gasteiger partial charge in [-0.15, -0.1) is 0 Å². The minimum absolute atomic E-state index is 0.113. The minimum atomic E-state index is 0.113. The molecule has 0 aromatic carbocycles. The molecule has 0 aliphatic rings. The Balaban J connectivity index is 4.08. The van der Waals surface area contributed by atoms with E-state index in [0.29, 0.717) is 0 Å². The van der Waals surface area contributed by atoms with Crippen molar-refractivity contribution in [2.45, 2.75) is 360 Å². The van der Waals surface area contributed by atoms with Gasteiger partial charge in [0, 0.05) is 5.54 Å². The summed E-state index contributed by atoms with van der Waals surface area (Å²) in [7, 11) is 0. The van der Waals surface area contributed by atoms with Crippen molar-refractivity contribution in [3.05, 3.63) is 0 Å². The molecular formula is C56H115N. The van der Waals surface area contributed by atoms with Crippen LogP contribution in [-0.4, -0.2) is 5.54 Å². The van der Waals surface area contributed by atoms with E-state index in [-0.39, 0.29) is 5.54 Å². The summed E-state index contributed by atoms with van der Waals surface area (Å²) in [4.78, 5) is 0. The fraction of sp³-hybridized carbons (Fsp3) is 1.00. The van der Waals surface area contributed by atoms with E-state index in [4.69, 9.17) is 5.73 Å². The molecule has 0 amide bonds. The fourth-order valence-corrected chi connectivity index (χ4v) is 9.63. The normalized spacial score (nSPS) is 12.0. The lowest BCUT2D eigenvalue weighted by atomic mass is 9.82. The number of hydrogen-bond acceptors (Lipinski definition) is 1. The van der Waals surface area contributed by atoms with Crippen LogP contribution in [-0.2, 0) is 0 Å². The molecule has 1 nitrogen and oxygen atoms in total. The Bertz CT molecular complexity index is 649. The van der Waals surface area contributed by atoms with E-state index in [1.165, 1.54) is 334 Å². The summed E-state index contributed by atoms with van der Waals surface area (Å²) in [5, 5.41) is 0. The molecule has 0 spiro atoms. The first-order valence-electron chi connectivity index (χ1n) is 28.0. The van der Waals surface area contributed by atoms with Crippen LogP contribution in [0.2, 0.25) is 0 Å². The van der Waals surface area contributed by atoms with Gasteiger partial charge < -0.3 is 5.73 Å². The highest BCUT2D eigenvalue weighted by molar-refractivity contribution is 4.84. The molecule has 0 atom stereocenters. The van der Waals surface area contributed by atoms with E-state index in [9.17, 15) is 0 Å². The van der Waals surface area contributed by atoms with Gasteiger partial charge in [-0.05, 0) is 19.3 Å². The SMILES string of the molecule is CCCCCCCCCCCCCCCCCCCC(N)(CCCCCCCCCCCCCCCCCC)CCCCCCCCCCCCCCCCCC. The maximum atomic E-state index is 7.29. The average molecular weight is 803 g/mol. The van der Waals surface area contributed by atoms with Gasteiger partial charge >= 0.3 is 0 Å². The van der Waals surface area contributed by atoms with Gasteiger partial charge in [0.1, 0.15) is 0 Å². The van der Waals surface area contributed by atoms with Gasteiger partial charge in [-0.1, -0.05) is 335 Å². The van der Waals surface area contributed by atoms with Crippen LogP contribution >= 0.6 is 0 Å². The molecule has 0 heterocycles. The molecule has 2 N–H and O–H groups in total. The molecule has 0 saturated carbocycles. The third-order valence-corrected chi connectivity index (χ3v) is 13.8. The monoisotopic (exact) mass is 802 g/mol. The van der Waals surface area contributed by atoms with Crippen molar-refractivity contribution in [2.75, 3.05) is 0 Å². The smallest absolute Gasteiger partial charge is 0.0154 e. The van der Waals surface area contributed by atoms with Crippen LogP contribution in [0.5, 0.6) is 0 Å². The third kappa shape index (κ3) is 48.5. The van der Waals surface area contributed by atoms with Gasteiger partial charge in [0.05, 0.1) is 0 Å². The largest absolute Gasteiger partial charge is 0.325 e. The molecule has 0 fully saturated rings. The van der Waals surface area contributed by atoms with E-state index >= 15 is 0 Å². The number of nitrogens with two attached hydrogens (primary N) is 1. The minimum Gasteiger partial charge on any atom is -0.325 e. The topological polar surface area (TPSA) is 26.0 Å². The van der Waals surface area contributed by atoms with Crippen molar-refractivity contribution in [3.63, 3.8) is 0 Å². The van der Waals surface area contributed by atoms with Gasteiger partial charge in [0.25, 0.3) is 0 Å². The van der Waals surface area contributed by atoms with Crippen LogP contribution < -0.4 is 5.73 Å². The standard InChI is InChI=1S/C56H115N/c1-4-7-10-13-16-19-22-25-28-31-34-37-40-43-46-49-52-55-56(57,53-50-47-44-41-38-35-32-29-26-23-20-17-14-11-8-5-2)54-51-48-45-42-39-36-33-30-27-24-21-18-15-12-9-6-3/h4-55,57H2,1-3H3. The molecule has 0 rings (SSSR count). The van der Waals surface area contributed by atoms with E-state index in [0.717, 1.165) is 0 Å². The predicted molar refractivity (Wildman–Crippen MR) is 264 cm³/mol. The third-order valence-electron chi connectivity index (χ3n) is 13.8. The lowest BCUT2D eigenvalue weighted by Crippen LogP contribution is -2.39. The Labute approximate surface area is 364 Å². The molecule has 0 aromatic heterocycles. The quantitative estimate of drug-likeness (QED) is 0.0609. The number of rotatable bonds is 52. The second-order valence-corrected chi connectivity index (χ2v) is 19.9. The molecule has 1 heteroatoms. The predicted octanol–water partition coefficient (Wildman–Crippen LogP) is 21.0. The van der Waals surface area contributed by atoms with Crippen molar-refractivity contribution in [1.29, 1.82) is 0 Å². The highest BCUT2D eigenvalue weighted by Gasteiger charge is 2.23. The summed E-state index contributed by atoms with van der Waals surface area (Å²) < 4.78 is 0. The van der Waals surface area contributed by atoms with E-state index in [1.807, 2.05) is 0 Å². The van der Waals surface area contributed by atoms with Crippen molar-refractivity contribution < 1.29 is 0 Å². The first-order chi connectivity index (χ1) is 28.2. The zero-order chi connectivity index (χ0) is 41.3. The average Bonchev–Trinajstić information content (AvgIpc) is 3.21. The number of hydrogen-bond donors (Lipinski definition) is 1. The van der Waals surface area contributed by atoms with Crippen LogP contribution in [0.25, 0.3) is 0 Å². The Morgan fingerprint density at radius 2 is 0.281 bits per heavy atom. The van der Waals surface area contributed by atoms with Gasteiger partial charge in [-0.3, -0.25) is 0 Å². The molecule has 0 aromatic rings. The summed E-state index contributed by atoms with van der Waals surface area (Å²) >= 11 is 0. The van der Waals surface area contributed by atoms with Gasteiger partial charge in [-0.25, -0.2) is 0 Å². The molecule has 0 aliphatic carbocycles. The summed E-state index contributed by atoms with van der Waals surface area (Å²) in [6.45, 7) is 6.95. The van der Waals surface area contributed by atoms with Gasteiger partial charge in [0.15, 0.2) is 0 Å². The highest BCUT2D eigenvalue weighted by Crippen LogP contribution is 2.27. The van der Waals surface area contributed by atoms with E-state index in [2.05, 4.69) is 20.8 Å². The molecule has 0 saturated heterocycles. The van der Waals surface area contributed by atoms with Crippen molar-refractivity contribution in [3.8, 4) is 0 Å². The van der Waals surface area contributed by atoms with Crippen LogP contribution in [0, 0.1) is 0 Å². The molecule has 0 radical (unpaired) electrons. The van der Waals surface area contributed by atoms with E-state index in [1.54, 1.807) is 0 Å². The summed E-state index contributed by atoms with van der Waals surface area (Å²) in [5.41, 5.74) is 7.40. The van der Waals surface area contributed by atoms with Crippen molar-refractivity contribution >= 4 is 0 Å². The molecule has 0 bridgehead atoms. The zero-order valence-electron chi connectivity index (χ0n) is 40.8. The Hall–Kier alpha value is -0.0400. The van der Waals surface area contributed by atoms with Crippen LogP contribution in [0.1, 0.15) is 355 Å². The van der Waals surface area contributed by atoms with Gasteiger partial charge in [-0.2, -0.15) is 0 Å².